The van der Waals surface area contributed by atoms with Crippen LogP contribution in [0, 0.1) is 11.3 Å². The number of nitriles is 1. The second kappa shape index (κ2) is 14.5. The van der Waals surface area contributed by atoms with Crippen molar-refractivity contribution in [1.29, 1.82) is 5.26 Å². The predicted molar refractivity (Wildman–Crippen MR) is 262 cm³/mol. The number of fused-ring (bicyclic) bond motifs is 10. The van der Waals surface area contributed by atoms with Gasteiger partial charge in [0.15, 0.2) is 17.5 Å². The Hall–Kier alpha value is -9.12. The molecule has 0 radical (unpaired) electrons. The number of aromatic nitrogens is 5. The normalized spacial score (nSPS) is 12.3. The van der Waals surface area contributed by atoms with Crippen LogP contribution in [0.4, 0.5) is 0 Å². The molecule has 7 nitrogen and oxygen atoms in total. The molecule has 0 aliphatic heterocycles. The quantitative estimate of drug-likeness (QED) is 0.167. The molecule has 0 saturated carbocycles. The minimum Gasteiger partial charge on any atom is -0.456 e. The van der Waals surface area contributed by atoms with Crippen LogP contribution in [0.2, 0.25) is 0 Å². The molecule has 0 N–H and O–H groups in total. The molecule has 4 aromatic heterocycles. The van der Waals surface area contributed by atoms with E-state index < -0.39 is 0 Å². The van der Waals surface area contributed by atoms with Crippen LogP contribution in [-0.4, -0.2) is 24.1 Å². The summed E-state index contributed by atoms with van der Waals surface area (Å²) < 4.78 is 40.0. The molecule has 0 aliphatic rings. The van der Waals surface area contributed by atoms with E-state index in [0.717, 1.165) is 76.8 Å². The van der Waals surface area contributed by atoms with Crippen LogP contribution in [0.3, 0.4) is 0 Å². The fourth-order valence-electron chi connectivity index (χ4n) is 9.44. The first-order valence-electron chi connectivity index (χ1n) is 22.8. The van der Waals surface area contributed by atoms with Crippen LogP contribution in [0.1, 0.15) is 9.68 Å². The minimum absolute atomic E-state index is 0.00866. The standard InChI is InChI=1S/C58H34N6O/c59-35-41-33-39(26-29-48(41)64-49-23-10-7-20-43(49)45-28-30-51-54(55(45)64)46-22-8-11-24-50(46)63(51)42-18-5-2-6-19-42)57-60-56(38-17-13-16-37(32-38)36-14-3-1-4-15-36)61-58(62-57)40-27-31-53-47(34-40)44-21-9-12-25-52(44)65-53/h1-34H/i26D,29D,33D. The van der Waals surface area contributed by atoms with Crippen LogP contribution in [-0.2, 0) is 0 Å². The highest BCUT2D eigenvalue weighted by atomic mass is 16.3. The lowest BCUT2D eigenvalue weighted by Gasteiger charge is -2.13. The maximum absolute atomic E-state index is 11.2. The van der Waals surface area contributed by atoms with Crippen LogP contribution in [0.15, 0.2) is 211 Å². The first kappa shape index (κ1) is 33.5. The van der Waals surface area contributed by atoms with E-state index in [4.69, 9.17) is 19.4 Å². The van der Waals surface area contributed by atoms with Crippen molar-refractivity contribution in [3.63, 3.8) is 0 Å². The molecular weight excluding hydrogens is 797 g/mol. The summed E-state index contributed by atoms with van der Waals surface area (Å²) in [5, 5.41) is 16.8. The fraction of sp³-hybridized carbons (Fsp3) is 0. The van der Waals surface area contributed by atoms with Gasteiger partial charge in [-0.15, -0.1) is 0 Å². The third kappa shape index (κ3) is 5.78. The highest BCUT2D eigenvalue weighted by molar-refractivity contribution is 6.26. The number of hydrogen-bond acceptors (Lipinski definition) is 5. The van der Waals surface area contributed by atoms with E-state index in [1.54, 1.807) is 0 Å². The molecule has 0 unspecified atom stereocenters. The van der Waals surface area contributed by atoms with Crippen molar-refractivity contribution in [3.05, 3.63) is 212 Å². The van der Waals surface area contributed by atoms with E-state index in [1.165, 1.54) is 0 Å². The maximum atomic E-state index is 11.2. The van der Waals surface area contributed by atoms with Crippen LogP contribution in [0.25, 0.3) is 122 Å². The van der Waals surface area contributed by atoms with Gasteiger partial charge in [0.1, 0.15) is 17.2 Å². The molecule has 0 atom stereocenters. The van der Waals surface area contributed by atoms with Crippen molar-refractivity contribution in [1.82, 2.24) is 24.1 Å². The molecule has 0 fully saturated rings. The third-order valence-corrected chi connectivity index (χ3v) is 12.3. The summed E-state index contributed by atoms with van der Waals surface area (Å²) in [6, 6.07) is 63.6. The molecule has 0 spiro atoms. The van der Waals surface area contributed by atoms with E-state index in [2.05, 4.69) is 47.0 Å². The largest absolute Gasteiger partial charge is 0.456 e. The van der Waals surface area contributed by atoms with E-state index in [9.17, 15) is 9.37 Å². The summed E-state index contributed by atoms with van der Waals surface area (Å²) in [5.41, 5.74) is 9.27. The summed E-state index contributed by atoms with van der Waals surface area (Å²) in [5.74, 6) is 0.622. The lowest BCUT2D eigenvalue weighted by molar-refractivity contribution is 0.669. The molecule has 302 valence electrons. The van der Waals surface area contributed by atoms with Gasteiger partial charge in [0.25, 0.3) is 0 Å². The van der Waals surface area contributed by atoms with Crippen LogP contribution >= 0.6 is 0 Å². The molecule has 4 heterocycles. The maximum Gasteiger partial charge on any atom is 0.164 e. The van der Waals surface area contributed by atoms with Gasteiger partial charge < -0.3 is 13.6 Å². The Morgan fingerprint density at radius 3 is 1.85 bits per heavy atom. The number of nitrogens with zero attached hydrogens (tertiary/aromatic N) is 6. The Morgan fingerprint density at radius 1 is 0.446 bits per heavy atom. The Morgan fingerprint density at radius 2 is 1.06 bits per heavy atom. The number of para-hydroxylation sites is 4. The number of hydrogen-bond donors (Lipinski definition) is 0. The Kier molecular flexibility index (Phi) is 7.46. The Labute approximate surface area is 376 Å². The average molecular weight is 834 g/mol. The minimum atomic E-state index is -0.286. The van der Waals surface area contributed by atoms with E-state index in [0.29, 0.717) is 28.4 Å². The monoisotopic (exact) mass is 833 g/mol. The van der Waals surface area contributed by atoms with Crippen LogP contribution < -0.4 is 0 Å². The smallest absolute Gasteiger partial charge is 0.164 e. The van der Waals surface area contributed by atoms with E-state index >= 15 is 0 Å². The van der Waals surface area contributed by atoms with Gasteiger partial charge in [0, 0.05) is 54.7 Å². The molecule has 13 rings (SSSR count). The number of benzene rings is 9. The molecule has 0 bridgehead atoms. The molecule has 0 saturated heterocycles. The first-order valence-corrected chi connectivity index (χ1v) is 21.3. The van der Waals surface area contributed by atoms with Gasteiger partial charge in [0.2, 0.25) is 0 Å². The molecule has 9 aromatic carbocycles. The average Bonchev–Trinajstić information content (AvgIpc) is 4.05. The Balaban J connectivity index is 1.08. The topological polar surface area (TPSA) is 85.5 Å². The fourth-order valence-corrected chi connectivity index (χ4v) is 9.44. The molecule has 0 amide bonds. The summed E-state index contributed by atoms with van der Waals surface area (Å²) in [6.45, 7) is 0. The van der Waals surface area contributed by atoms with Gasteiger partial charge in [-0.05, 0) is 89.9 Å². The highest BCUT2D eigenvalue weighted by Crippen LogP contribution is 2.43. The molecule has 65 heavy (non-hydrogen) atoms. The predicted octanol–water partition coefficient (Wildman–Crippen LogP) is 14.5. The van der Waals surface area contributed by atoms with Gasteiger partial charge in [-0.1, -0.05) is 127 Å². The van der Waals surface area contributed by atoms with Crippen molar-refractivity contribution in [3.8, 4) is 62.7 Å². The van der Waals surface area contributed by atoms with Gasteiger partial charge in [-0.25, -0.2) is 15.0 Å². The number of rotatable bonds is 6. The zero-order valence-electron chi connectivity index (χ0n) is 37.5. The summed E-state index contributed by atoms with van der Waals surface area (Å²) in [7, 11) is 0. The zero-order chi connectivity index (χ0) is 45.6. The molecule has 7 heteroatoms. The lowest BCUT2D eigenvalue weighted by Crippen LogP contribution is -2.02. The van der Waals surface area contributed by atoms with Crippen molar-refractivity contribution in [2.45, 2.75) is 0 Å². The van der Waals surface area contributed by atoms with Gasteiger partial charge in [-0.3, -0.25) is 0 Å². The van der Waals surface area contributed by atoms with Crippen molar-refractivity contribution in [2.24, 2.45) is 0 Å². The van der Waals surface area contributed by atoms with Gasteiger partial charge in [-0.2, -0.15) is 5.26 Å². The van der Waals surface area contributed by atoms with E-state index in [1.807, 2.05) is 156 Å². The van der Waals surface area contributed by atoms with Crippen molar-refractivity contribution >= 4 is 65.6 Å². The second-order valence-electron chi connectivity index (χ2n) is 16.0. The molecular formula is C58H34N6O. The lowest BCUT2D eigenvalue weighted by atomic mass is 10.0. The highest BCUT2D eigenvalue weighted by Gasteiger charge is 2.23. The molecule has 0 aliphatic carbocycles. The summed E-state index contributed by atoms with van der Waals surface area (Å²) in [4.78, 5) is 15.0. The third-order valence-electron chi connectivity index (χ3n) is 12.3. The summed E-state index contributed by atoms with van der Waals surface area (Å²) >= 11 is 0. The SMILES string of the molecule is [2H]c1c([2H])c(-n2c3ccccc3c3ccc4c(c5ccccc5n4-c4ccccc4)c32)c(C#N)c([2H])c1-c1nc(-c2cccc(-c3ccccc3)c2)nc(-c2ccc3oc4ccccc4c3c2)n1. The van der Waals surface area contributed by atoms with Crippen molar-refractivity contribution in [2.75, 3.05) is 0 Å². The Bertz CT molecular complexity index is 4260. The second-order valence-corrected chi connectivity index (χ2v) is 16.0. The van der Waals surface area contributed by atoms with Crippen LogP contribution in [0.5, 0.6) is 0 Å². The van der Waals surface area contributed by atoms with E-state index in [-0.39, 0.29) is 40.8 Å². The van der Waals surface area contributed by atoms with Gasteiger partial charge >= 0.3 is 0 Å². The first-order chi connectivity index (χ1) is 33.4. The van der Waals surface area contributed by atoms with Crippen molar-refractivity contribution < 1.29 is 8.53 Å². The summed E-state index contributed by atoms with van der Waals surface area (Å²) in [6.07, 6.45) is 0. The van der Waals surface area contributed by atoms with Gasteiger partial charge in [0.05, 0.1) is 37.4 Å². The zero-order valence-corrected chi connectivity index (χ0v) is 34.5. The number of furan rings is 1. The molecule has 13 aromatic rings.